The van der Waals surface area contributed by atoms with Crippen molar-refractivity contribution in [2.45, 2.75) is 13.8 Å². The second-order valence-corrected chi connectivity index (χ2v) is 6.03. The lowest BCUT2D eigenvalue weighted by Gasteiger charge is -2.10. The fourth-order valence-corrected chi connectivity index (χ4v) is 2.50. The molecule has 0 atom stereocenters. The van der Waals surface area contributed by atoms with Gasteiger partial charge in [-0.25, -0.2) is 14.4 Å². The number of nitrogens with one attached hydrogen (secondary N) is 3. The summed E-state index contributed by atoms with van der Waals surface area (Å²) in [6.45, 7) is 3.08. The van der Waals surface area contributed by atoms with E-state index in [-0.39, 0.29) is 17.4 Å². The van der Waals surface area contributed by atoms with Gasteiger partial charge >= 0.3 is 0 Å². The summed E-state index contributed by atoms with van der Waals surface area (Å²) >= 11 is 0. The van der Waals surface area contributed by atoms with E-state index in [9.17, 15) is 14.0 Å². The molecule has 0 fully saturated rings. The van der Waals surface area contributed by atoms with Gasteiger partial charge < -0.3 is 16.0 Å². The van der Waals surface area contributed by atoms with Crippen LogP contribution in [-0.4, -0.2) is 21.8 Å². The van der Waals surface area contributed by atoms with Crippen molar-refractivity contribution in [2.75, 3.05) is 16.0 Å². The van der Waals surface area contributed by atoms with E-state index in [4.69, 9.17) is 0 Å². The smallest absolute Gasteiger partial charge is 0.274 e. The van der Waals surface area contributed by atoms with Crippen molar-refractivity contribution in [3.63, 3.8) is 0 Å². The molecule has 0 saturated carbocycles. The first-order valence-electron chi connectivity index (χ1n) is 8.46. The molecule has 0 unspecified atom stereocenters. The maximum atomic E-state index is 13.3. The van der Waals surface area contributed by atoms with Gasteiger partial charge in [0.15, 0.2) is 0 Å². The van der Waals surface area contributed by atoms with E-state index >= 15 is 0 Å². The first-order valence-corrected chi connectivity index (χ1v) is 8.46. The molecule has 0 bridgehead atoms. The van der Waals surface area contributed by atoms with Crippen LogP contribution in [0.1, 0.15) is 23.2 Å². The van der Waals surface area contributed by atoms with Crippen molar-refractivity contribution in [2.24, 2.45) is 0 Å². The molecule has 8 heteroatoms. The molecule has 1 aromatic heterocycles. The number of hydrogen-bond donors (Lipinski definition) is 3. The molecule has 1 heterocycles. The van der Waals surface area contributed by atoms with Crippen LogP contribution in [0.4, 0.5) is 27.3 Å². The Bertz CT molecular complexity index is 1020. The Hall–Kier alpha value is -3.81. The van der Waals surface area contributed by atoms with Crippen LogP contribution in [-0.2, 0) is 4.79 Å². The highest BCUT2D eigenvalue weighted by atomic mass is 19.1. The second kappa shape index (κ2) is 8.26. The zero-order valence-electron chi connectivity index (χ0n) is 15.3. The third kappa shape index (κ3) is 5.10. The maximum absolute atomic E-state index is 13.3. The highest BCUT2D eigenvalue weighted by molar-refractivity contribution is 6.03. The molecule has 7 nitrogen and oxygen atoms in total. The number of nitrogens with zero attached hydrogens (tertiary/aromatic N) is 2. The standard InChI is InChI=1S/C20H18FN5O2/c1-12-22-18(11-19(23-12)25-17-5-3-4-14(21)10-17)20(28)26-16-8-6-15(7-9-16)24-13(2)27/h3-11H,1-2H3,(H,24,27)(H,26,28)(H,22,23,25). The van der Waals surface area contributed by atoms with Crippen LogP contribution in [0.2, 0.25) is 0 Å². The summed E-state index contributed by atoms with van der Waals surface area (Å²) in [5, 5.41) is 8.35. The van der Waals surface area contributed by atoms with E-state index < -0.39 is 5.91 Å². The monoisotopic (exact) mass is 379 g/mol. The number of anilines is 4. The topological polar surface area (TPSA) is 96.0 Å². The van der Waals surface area contributed by atoms with Crippen LogP contribution in [0, 0.1) is 12.7 Å². The minimum Gasteiger partial charge on any atom is -0.340 e. The van der Waals surface area contributed by atoms with Crippen LogP contribution in [0.3, 0.4) is 0 Å². The summed E-state index contributed by atoms with van der Waals surface area (Å²) in [5.41, 5.74) is 1.86. The third-order valence-corrected chi connectivity index (χ3v) is 3.63. The van der Waals surface area contributed by atoms with Gasteiger partial charge in [-0.2, -0.15) is 0 Å². The van der Waals surface area contributed by atoms with Gasteiger partial charge in [0.2, 0.25) is 5.91 Å². The van der Waals surface area contributed by atoms with Crippen molar-refractivity contribution < 1.29 is 14.0 Å². The van der Waals surface area contributed by atoms with Gasteiger partial charge in [-0.15, -0.1) is 0 Å². The van der Waals surface area contributed by atoms with E-state index in [0.29, 0.717) is 28.7 Å². The zero-order valence-corrected chi connectivity index (χ0v) is 15.3. The molecule has 2 amide bonds. The Balaban J connectivity index is 1.74. The lowest BCUT2D eigenvalue weighted by molar-refractivity contribution is -0.114. The number of rotatable bonds is 5. The highest BCUT2D eigenvalue weighted by Gasteiger charge is 2.11. The summed E-state index contributed by atoms with van der Waals surface area (Å²) in [4.78, 5) is 32.0. The number of carbonyl (C=O) groups excluding carboxylic acids is 2. The van der Waals surface area contributed by atoms with Crippen LogP contribution < -0.4 is 16.0 Å². The molecule has 3 rings (SSSR count). The fourth-order valence-electron chi connectivity index (χ4n) is 2.50. The Morgan fingerprint density at radius 1 is 0.893 bits per heavy atom. The Kier molecular flexibility index (Phi) is 5.59. The second-order valence-electron chi connectivity index (χ2n) is 6.03. The van der Waals surface area contributed by atoms with Gasteiger partial charge in [0.1, 0.15) is 23.2 Å². The average Bonchev–Trinajstić information content (AvgIpc) is 2.62. The summed E-state index contributed by atoms with van der Waals surface area (Å²) < 4.78 is 13.3. The van der Waals surface area contributed by atoms with E-state index in [2.05, 4.69) is 25.9 Å². The molecule has 3 N–H and O–H groups in total. The van der Waals surface area contributed by atoms with E-state index in [1.54, 1.807) is 43.3 Å². The molecule has 0 spiro atoms. The summed E-state index contributed by atoms with van der Waals surface area (Å²) in [6, 6.07) is 14.1. The molecule has 142 valence electrons. The Morgan fingerprint density at radius 3 is 2.21 bits per heavy atom. The quantitative estimate of drug-likeness (QED) is 0.625. The lowest BCUT2D eigenvalue weighted by Crippen LogP contribution is -2.15. The SMILES string of the molecule is CC(=O)Nc1ccc(NC(=O)c2cc(Nc3cccc(F)c3)nc(C)n2)cc1. The number of aryl methyl sites for hydroxylation is 1. The van der Waals surface area contributed by atoms with Crippen molar-refractivity contribution >= 4 is 34.7 Å². The normalized spacial score (nSPS) is 10.2. The zero-order chi connectivity index (χ0) is 20.1. The molecular weight excluding hydrogens is 361 g/mol. The predicted octanol–water partition coefficient (Wildman–Crippen LogP) is 3.88. The van der Waals surface area contributed by atoms with Crippen LogP contribution in [0.15, 0.2) is 54.6 Å². The summed E-state index contributed by atoms with van der Waals surface area (Å²) in [5.74, 6) is -0.195. The van der Waals surface area contributed by atoms with Gasteiger partial charge in [-0.3, -0.25) is 9.59 Å². The van der Waals surface area contributed by atoms with Gasteiger partial charge in [0, 0.05) is 30.1 Å². The highest BCUT2D eigenvalue weighted by Crippen LogP contribution is 2.18. The number of hydrogen-bond acceptors (Lipinski definition) is 5. The Labute approximate surface area is 161 Å². The van der Waals surface area contributed by atoms with E-state index in [0.717, 1.165) is 0 Å². The lowest BCUT2D eigenvalue weighted by atomic mass is 10.2. The third-order valence-electron chi connectivity index (χ3n) is 3.63. The van der Waals surface area contributed by atoms with Crippen LogP contribution in [0.5, 0.6) is 0 Å². The molecule has 0 aliphatic heterocycles. The predicted molar refractivity (Wildman–Crippen MR) is 105 cm³/mol. The van der Waals surface area contributed by atoms with Gasteiger partial charge in [0.05, 0.1) is 0 Å². The first kappa shape index (κ1) is 19.0. The minimum absolute atomic E-state index is 0.164. The summed E-state index contributed by atoms with van der Waals surface area (Å²) in [6.07, 6.45) is 0. The van der Waals surface area contributed by atoms with Crippen molar-refractivity contribution in [3.8, 4) is 0 Å². The average molecular weight is 379 g/mol. The minimum atomic E-state index is -0.417. The molecule has 0 aliphatic rings. The molecule has 3 aromatic rings. The maximum Gasteiger partial charge on any atom is 0.274 e. The Morgan fingerprint density at radius 2 is 1.57 bits per heavy atom. The van der Waals surface area contributed by atoms with E-state index in [1.165, 1.54) is 25.1 Å². The van der Waals surface area contributed by atoms with Crippen LogP contribution >= 0.6 is 0 Å². The molecule has 28 heavy (non-hydrogen) atoms. The van der Waals surface area contributed by atoms with Crippen LogP contribution in [0.25, 0.3) is 0 Å². The molecule has 0 radical (unpaired) electrons. The van der Waals surface area contributed by atoms with Crippen molar-refractivity contribution in [3.05, 3.63) is 71.9 Å². The summed E-state index contributed by atoms with van der Waals surface area (Å²) in [7, 11) is 0. The number of amides is 2. The van der Waals surface area contributed by atoms with Crippen molar-refractivity contribution in [1.82, 2.24) is 9.97 Å². The van der Waals surface area contributed by atoms with Crippen molar-refractivity contribution in [1.29, 1.82) is 0 Å². The molecule has 2 aromatic carbocycles. The number of carbonyl (C=O) groups is 2. The first-order chi connectivity index (χ1) is 13.4. The molecule has 0 saturated heterocycles. The largest absolute Gasteiger partial charge is 0.340 e. The number of benzene rings is 2. The van der Waals surface area contributed by atoms with Gasteiger partial charge in [-0.05, 0) is 49.4 Å². The molecule has 0 aliphatic carbocycles. The molecular formula is C20H18FN5O2. The number of aromatic nitrogens is 2. The van der Waals surface area contributed by atoms with E-state index in [1.807, 2.05) is 0 Å². The van der Waals surface area contributed by atoms with Gasteiger partial charge in [0.25, 0.3) is 5.91 Å². The fraction of sp³-hybridized carbons (Fsp3) is 0.100. The van der Waals surface area contributed by atoms with Gasteiger partial charge in [-0.1, -0.05) is 6.07 Å². The number of halogens is 1.